The first-order valence-corrected chi connectivity index (χ1v) is 8.28. The van der Waals surface area contributed by atoms with Gasteiger partial charge >= 0.3 is 0 Å². The molecule has 0 bridgehead atoms. The van der Waals surface area contributed by atoms with Crippen LogP contribution in [0.15, 0.2) is 46.9 Å². The first-order valence-electron chi connectivity index (χ1n) is 6.99. The van der Waals surface area contributed by atoms with Crippen LogP contribution in [0.1, 0.15) is 22.9 Å². The highest BCUT2D eigenvalue weighted by atomic mass is 32.1. The van der Waals surface area contributed by atoms with Gasteiger partial charge in [-0.3, -0.25) is 0 Å². The van der Waals surface area contributed by atoms with Gasteiger partial charge in [0.15, 0.2) is 5.11 Å². The van der Waals surface area contributed by atoms with Gasteiger partial charge in [-0.15, -0.1) is 11.3 Å². The van der Waals surface area contributed by atoms with E-state index in [1.807, 2.05) is 30.3 Å². The predicted molar refractivity (Wildman–Crippen MR) is 94.7 cm³/mol. The number of hydrazone groups is 1. The van der Waals surface area contributed by atoms with Gasteiger partial charge in [0.05, 0.1) is 23.7 Å². The van der Waals surface area contributed by atoms with Gasteiger partial charge in [-0.05, 0) is 41.4 Å². The summed E-state index contributed by atoms with van der Waals surface area (Å²) in [7, 11) is 3.50. The van der Waals surface area contributed by atoms with Gasteiger partial charge in [-0.25, -0.2) is 5.01 Å². The van der Waals surface area contributed by atoms with Crippen molar-refractivity contribution in [1.82, 2.24) is 10.3 Å². The number of methoxy groups -OCH3 is 1. The Labute approximate surface area is 139 Å². The number of hydrogen-bond acceptors (Lipinski definition) is 4. The second-order valence-electron chi connectivity index (χ2n) is 4.92. The zero-order valence-corrected chi connectivity index (χ0v) is 14.1. The minimum atomic E-state index is 0.114. The van der Waals surface area contributed by atoms with Crippen LogP contribution >= 0.6 is 23.6 Å². The molecule has 3 rings (SSSR count). The van der Waals surface area contributed by atoms with Gasteiger partial charge in [-0.1, -0.05) is 18.2 Å². The second-order valence-corrected chi connectivity index (χ2v) is 6.25. The van der Waals surface area contributed by atoms with Crippen LogP contribution < -0.4 is 10.1 Å². The molecule has 1 atom stereocenters. The Kier molecular flexibility index (Phi) is 4.40. The maximum Gasteiger partial charge on any atom is 0.189 e. The quantitative estimate of drug-likeness (QED) is 0.875. The van der Waals surface area contributed by atoms with E-state index < -0.39 is 0 Å². The summed E-state index contributed by atoms with van der Waals surface area (Å²) in [6.45, 7) is 0. The first-order chi connectivity index (χ1) is 10.7. The van der Waals surface area contributed by atoms with E-state index in [9.17, 15) is 0 Å². The predicted octanol–water partition coefficient (Wildman–Crippen LogP) is 3.41. The molecule has 0 saturated carbocycles. The molecule has 22 heavy (non-hydrogen) atoms. The molecule has 1 aliphatic heterocycles. The lowest BCUT2D eigenvalue weighted by molar-refractivity contribution is 0.365. The highest BCUT2D eigenvalue weighted by Gasteiger charge is 2.31. The third-order valence-corrected chi connectivity index (χ3v) is 4.95. The topological polar surface area (TPSA) is 36.9 Å². The third-order valence-electron chi connectivity index (χ3n) is 3.64. The monoisotopic (exact) mass is 331 g/mol. The molecule has 6 heteroatoms. The van der Waals surface area contributed by atoms with Gasteiger partial charge < -0.3 is 10.1 Å². The van der Waals surface area contributed by atoms with Crippen LogP contribution in [0.4, 0.5) is 0 Å². The van der Waals surface area contributed by atoms with Crippen LogP contribution in [-0.4, -0.2) is 30.0 Å². The Morgan fingerprint density at radius 2 is 2.14 bits per heavy atom. The number of rotatable bonds is 3. The smallest absolute Gasteiger partial charge is 0.189 e. The highest BCUT2D eigenvalue weighted by Crippen LogP contribution is 2.34. The average molecular weight is 331 g/mol. The number of benzene rings is 1. The molecule has 1 aliphatic rings. The number of nitrogens with one attached hydrogen (secondary N) is 1. The average Bonchev–Trinajstić information content (AvgIpc) is 3.23. The van der Waals surface area contributed by atoms with Crippen LogP contribution in [-0.2, 0) is 0 Å². The van der Waals surface area contributed by atoms with E-state index in [1.54, 1.807) is 18.4 Å². The highest BCUT2D eigenvalue weighted by molar-refractivity contribution is 7.80. The van der Waals surface area contributed by atoms with Crippen LogP contribution in [0.2, 0.25) is 0 Å². The zero-order valence-electron chi connectivity index (χ0n) is 12.4. The molecule has 1 aromatic heterocycles. The summed E-state index contributed by atoms with van der Waals surface area (Å²) >= 11 is 7.11. The van der Waals surface area contributed by atoms with Crippen molar-refractivity contribution in [3.05, 3.63) is 52.2 Å². The van der Waals surface area contributed by atoms with Gasteiger partial charge in [0.1, 0.15) is 5.75 Å². The Morgan fingerprint density at radius 3 is 2.73 bits per heavy atom. The minimum Gasteiger partial charge on any atom is -0.497 e. The van der Waals surface area contributed by atoms with Gasteiger partial charge in [-0.2, -0.15) is 5.10 Å². The van der Waals surface area contributed by atoms with E-state index in [0.29, 0.717) is 5.11 Å². The normalized spacial score (nSPS) is 17.3. The van der Waals surface area contributed by atoms with Crippen LogP contribution in [0, 0.1) is 0 Å². The number of thiocarbonyl (C=S) groups is 1. The van der Waals surface area contributed by atoms with Crippen molar-refractivity contribution in [2.75, 3.05) is 14.2 Å². The summed E-state index contributed by atoms with van der Waals surface area (Å²) in [5.74, 6) is 0.851. The molecule has 2 aromatic rings. The van der Waals surface area contributed by atoms with Crippen molar-refractivity contribution < 1.29 is 4.74 Å². The number of hydrogen-bond donors (Lipinski definition) is 1. The lowest BCUT2D eigenvalue weighted by Crippen LogP contribution is -2.34. The van der Waals surface area contributed by atoms with E-state index in [4.69, 9.17) is 22.1 Å². The van der Waals surface area contributed by atoms with Crippen molar-refractivity contribution in [3.63, 3.8) is 0 Å². The van der Waals surface area contributed by atoms with Crippen molar-refractivity contribution in [3.8, 4) is 5.75 Å². The van der Waals surface area contributed by atoms with Crippen molar-refractivity contribution in [1.29, 1.82) is 0 Å². The minimum absolute atomic E-state index is 0.114. The van der Waals surface area contributed by atoms with Gasteiger partial charge in [0.2, 0.25) is 0 Å². The maximum atomic E-state index is 5.41. The van der Waals surface area contributed by atoms with E-state index in [2.05, 4.69) is 28.9 Å². The van der Waals surface area contributed by atoms with Gasteiger partial charge in [0.25, 0.3) is 0 Å². The molecule has 0 radical (unpaired) electrons. The SMILES string of the molecule is CNC(=S)N1N=C(c2cccs2)C[C@@H]1c1ccc(OC)cc1. The van der Waals surface area contributed by atoms with Crippen molar-refractivity contribution in [2.45, 2.75) is 12.5 Å². The summed E-state index contributed by atoms with van der Waals surface area (Å²) in [6, 6.07) is 12.3. The third kappa shape index (κ3) is 2.84. The van der Waals surface area contributed by atoms with E-state index in [0.717, 1.165) is 17.9 Å². The van der Waals surface area contributed by atoms with Crippen LogP contribution in [0.3, 0.4) is 0 Å². The summed E-state index contributed by atoms with van der Waals surface area (Å²) in [5.41, 5.74) is 2.25. The van der Waals surface area contributed by atoms with E-state index >= 15 is 0 Å². The number of ether oxygens (including phenoxy) is 1. The Bertz CT molecular complexity index is 680. The fraction of sp³-hybridized carbons (Fsp3) is 0.250. The molecule has 0 saturated heterocycles. The Morgan fingerprint density at radius 1 is 1.36 bits per heavy atom. The molecule has 4 nitrogen and oxygen atoms in total. The van der Waals surface area contributed by atoms with Gasteiger partial charge in [0, 0.05) is 13.5 Å². The Hall–Kier alpha value is -1.92. The molecular weight excluding hydrogens is 314 g/mol. The molecule has 1 aromatic carbocycles. The maximum absolute atomic E-state index is 5.41. The zero-order chi connectivity index (χ0) is 15.5. The molecule has 1 N–H and O–H groups in total. The largest absolute Gasteiger partial charge is 0.497 e. The molecule has 0 aliphatic carbocycles. The summed E-state index contributed by atoms with van der Waals surface area (Å²) < 4.78 is 5.23. The fourth-order valence-corrected chi connectivity index (χ4v) is 3.38. The van der Waals surface area contributed by atoms with Crippen LogP contribution in [0.25, 0.3) is 0 Å². The molecular formula is C16H17N3OS2. The summed E-state index contributed by atoms with van der Waals surface area (Å²) in [5, 5.41) is 12.3. The number of nitrogens with zero attached hydrogens (tertiary/aromatic N) is 2. The number of thiophene rings is 1. The lowest BCUT2D eigenvalue weighted by atomic mass is 10.0. The molecule has 114 valence electrons. The lowest BCUT2D eigenvalue weighted by Gasteiger charge is -2.23. The molecule has 0 fully saturated rings. The van der Waals surface area contributed by atoms with Crippen molar-refractivity contribution >= 4 is 34.4 Å². The molecule has 0 amide bonds. The first kappa shape index (κ1) is 15.0. The van der Waals surface area contributed by atoms with E-state index in [1.165, 1.54) is 10.4 Å². The van der Waals surface area contributed by atoms with Crippen molar-refractivity contribution in [2.24, 2.45) is 5.10 Å². The van der Waals surface area contributed by atoms with Crippen LogP contribution in [0.5, 0.6) is 5.75 Å². The molecule has 2 heterocycles. The Balaban J connectivity index is 1.91. The second kappa shape index (κ2) is 6.46. The van der Waals surface area contributed by atoms with E-state index in [-0.39, 0.29) is 6.04 Å². The molecule has 0 spiro atoms. The summed E-state index contributed by atoms with van der Waals surface area (Å²) in [6.07, 6.45) is 0.842. The summed E-state index contributed by atoms with van der Waals surface area (Å²) in [4.78, 5) is 1.19. The molecule has 0 unspecified atom stereocenters. The fourth-order valence-electron chi connectivity index (χ4n) is 2.49. The standard InChI is InChI=1S/C16H17N3OS2/c1-17-16(21)19-14(11-5-7-12(20-2)8-6-11)10-13(18-19)15-4-3-9-22-15/h3-9,14H,10H2,1-2H3,(H,17,21)/t14-/m1/s1.